The number of nitrogens with zero attached hydrogens (tertiary/aromatic N) is 1. The first-order valence-corrected chi connectivity index (χ1v) is 7.57. The Morgan fingerprint density at radius 3 is 2.50 bits per heavy atom. The molecular formula is C15H25N2P. The monoisotopic (exact) mass is 264 g/mol. The molecule has 1 aliphatic rings. The fraction of sp³-hybridized carbons (Fsp3) is 0.600. The maximum absolute atomic E-state index is 3.48. The molecule has 1 saturated carbocycles. The van der Waals surface area contributed by atoms with Crippen LogP contribution in [0.2, 0.25) is 0 Å². The minimum absolute atomic E-state index is 0.824. The second-order valence-corrected chi connectivity index (χ2v) is 6.25. The average molecular weight is 264 g/mol. The van der Waals surface area contributed by atoms with Crippen molar-refractivity contribution in [3.63, 3.8) is 0 Å². The second-order valence-electron chi connectivity index (χ2n) is 5.36. The molecule has 3 heteroatoms. The van der Waals surface area contributed by atoms with Gasteiger partial charge >= 0.3 is 0 Å². The van der Waals surface area contributed by atoms with Gasteiger partial charge in [-0.3, -0.25) is 4.67 Å². The zero-order chi connectivity index (χ0) is 12.8. The van der Waals surface area contributed by atoms with Gasteiger partial charge in [-0.05, 0) is 49.9 Å². The molecule has 2 nitrogen and oxygen atoms in total. The molecule has 0 amide bonds. The number of benzene rings is 1. The summed E-state index contributed by atoms with van der Waals surface area (Å²) >= 11 is 0. The van der Waals surface area contributed by atoms with E-state index in [1.54, 1.807) is 0 Å². The lowest BCUT2D eigenvalue weighted by atomic mass is 9.98. The summed E-state index contributed by atoms with van der Waals surface area (Å²) in [6, 6.07) is 9.08. The molecule has 1 unspecified atom stereocenters. The first kappa shape index (κ1) is 13.8. The summed E-state index contributed by atoms with van der Waals surface area (Å²) in [7, 11) is 4.78. The van der Waals surface area contributed by atoms with Crippen molar-refractivity contribution in [3.05, 3.63) is 29.8 Å². The van der Waals surface area contributed by atoms with Gasteiger partial charge in [0.2, 0.25) is 0 Å². The predicted octanol–water partition coefficient (Wildman–Crippen LogP) is 3.87. The largest absolute Gasteiger partial charge is 0.385 e. The van der Waals surface area contributed by atoms with Crippen LogP contribution in [-0.4, -0.2) is 24.8 Å². The predicted molar refractivity (Wildman–Crippen MR) is 83.1 cm³/mol. The number of hydrogen-bond donors (Lipinski definition) is 1. The molecule has 0 spiro atoms. The Balaban J connectivity index is 1.76. The molecule has 1 N–H and O–H groups in total. The minimum atomic E-state index is 0.824. The Bertz CT molecular complexity index is 342. The number of hydrogen-bond acceptors (Lipinski definition) is 2. The van der Waals surface area contributed by atoms with E-state index in [1.165, 1.54) is 43.4 Å². The van der Waals surface area contributed by atoms with Gasteiger partial charge in [0.05, 0.1) is 0 Å². The number of anilines is 1. The van der Waals surface area contributed by atoms with Crippen LogP contribution in [0.15, 0.2) is 24.3 Å². The lowest BCUT2D eigenvalue weighted by Crippen LogP contribution is -2.11. The molecule has 0 aliphatic heterocycles. The molecule has 1 atom stereocenters. The van der Waals surface area contributed by atoms with Crippen molar-refractivity contribution in [2.75, 3.05) is 25.5 Å². The summed E-state index contributed by atoms with van der Waals surface area (Å²) in [5.74, 6) is 0.824. The molecule has 100 valence electrons. The normalized spacial score (nSPS) is 16.4. The Labute approximate surface area is 113 Å². The van der Waals surface area contributed by atoms with Crippen LogP contribution in [0, 0.1) is 0 Å². The van der Waals surface area contributed by atoms with Crippen LogP contribution in [0.5, 0.6) is 0 Å². The third-order valence-electron chi connectivity index (χ3n) is 3.75. The highest BCUT2D eigenvalue weighted by Crippen LogP contribution is 2.34. The highest BCUT2D eigenvalue weighted by molar-refractivity contribution is 7.13. The molecule has 1 fully saturated rings. The van der Waals surface area contributed by atoms with Crippen LogP contribution < -0.4 is 5.32 Å². The van der Waals surface area contributed by atoms with E-state index in [4.69, 9.17) is 0 Å². The number of rotatable bonds is 6. The third kappa shape index (κ3) is 4.26. The highest BCUT2D eigenvalue weighted by Gasteiger charge is 2.16. The standard InChI is InChI=1S/C15H25N2P/c1-17(18)12-4-11-16-15-9-7-14(8-10-15)13-5-2-3-6-13/h7-10,13,16H,2-6,11-12,18H2,1H3. The summed E-state index contributed by atoms with van der Waals surface area (Å²) in [5, 5.41) is 3.48. The SMILES string of the molecule is CN(P)CCCNc1ccc(C2CCCC2)cc1. The van der Waals surface area contributed by atoms with Crippen LogP contribution in [0.1, 0.15) is 43.6 Å². The van der Waals surface area contributed by atoms with E-state index in [0.717, 1.165) is 19.0 Å². The van der Waals surface area contributed by atoms with Crippen LogP contribution in [0.25, 0.3) is 0 Å². The smallest absolute Gasteiger partial charge is 0.0340 e. The molecule has 1 aliphatic carbocycles. The maximum Gasteiger partial charge on any atom is 0.0340 e. The van der Waals surface area contributed by atoms with Gasteiger partial charge in [0.1, 0.15) is 0 Å². The highest BCUT2D eigenvalue weighted by atomic mass is 31.0. The molecule has 0 heterocycles. The van der Waals surface area contributed by atoms with Gasteiger partial charge in [0, 0.05) is 18.8 Å². The first-order valence-electron chi connectivity index (χ1n) is 7.05. The van der Waals surface area contributed by atoms with E-state index in [0.29, 0.717) is 0 Å². The van der Waals surface area contributed by atoms with Crippen molar-refractivity contribution in [1.82, 2.24) is 4.67 Å². The van der Waals surface area contributed by atoms with Crippen LogP contribution in [-0.2, 0) is 0 Å². The molecular weight excluding hydrogens is 239 g/mol. The summed E-state index contributed by atoms with van der Waals surface area (Å²) in [6.07, 6.45) is 6.76. The first-order chi connectivity index (χ1) is 8.75. The van der Waals surface area contributed by atoms with Crippen molar-refractivity contribution in [2.24, 2.45) is 0 Å². The second kappa shape index (κ2) is 7.11. The quantitative estimate of drug-likeness (QED) is 0.620. The van der Waals surface area contributed by atoms with Crippen LogP contribution in [0.3, 0.4) is 0 Å². The Hall–Kier alpha value is -0.590. The fourth-order valence-corrected chi connectivity index (χ4v) is 2.88. The Kier molecular flexibility index (Phi) is 5.46. The Morgan fingerprint density at radius 2 is 1.89 bits per heavy atom. The molecule has 1 aromatic rings. The summed E-state index contributed by atoms with van der Waals surface area (Å²) < 4.78 is 2.14. The van der Waals surface area contributed by atoms with Crippen LogP contribution in [0.4, 0.5) is 5.69 Å². The number of nitrogens with one attached hydrogen (secondary N) is 1. The van der Waals surface area contributed by atoms with Crippen molar-refractivity contribution >= 4 is 15.1 Å². The van der Waals surface area contributed by atoms with Gasteiger partial charge in [-0.1, -0.05) is 34.4 Å². The molecule has 18 heavy (non-hydrogen) atoms. The van der Waals surface area contributed by atoms with Crippen LogP contribution >= 0.6 is 9.39 Å². The van der Waals surface area contributed by atoms with Crippen molar-refractivity contribution < 1.29 is 0 Å². The minimum Gasteiger partial charge on any atom is -0.385 e. The van der Waals surface area contributed by atoms with Gasteiger partial charge in [0.25, 0.3) is 0 Å². The summed E-state index contributed by atoms with van der Waals surface area (Å²) in [4.78, 5) is 0. The van der Waals surface area contributed by atoms with Gasteiger partial charge < -0.3 is 5.32 Å². The fourth-order valence-electron chi connectivity index (χ4n) is 2.69. The zero-order valence-corrected chi connectivity index (χ0v) is 12.5. The average Bonchev–Trinajstić information content (AvgIpc) is 2.89. The molecule has 0 bridgehead atoms. The van der Waals surface area contributed by atoms with E-state index in [2.05, 4.69) is 50.7 Å². The maximum atomic E-state index is 3.48. The molecule has 0 aromatic heterocycles. The zero-order valence-electron chi connectivity index (χ0n) is 11.4. The molecule has 0 saturated heterocycles. The van der Waals surface area contributed by atoms with Crippen molar-refractivity contribution in [2.45, 2.75) is 38.0 Å². The lowest BCUT2D eigenvalue weighted by molar-refractivity contribution is 0.551. The van der Waals surface area contributed by atoms with Gasteiger partial charge in [-0.15, -0.1) is 0 Å². The topological polar surface area (TPSA) is 15.3 Å². The van der Waals surface area contributed by atoms with E-state index in [9.17, 15) is 0 Å². The molecule has 2 rings (SSSR count). The van der Waals surface area contributed by atoms with Crippen molar-refractivity contribution in [1.29, 1.82) is 0 Å². The van der Waals surface area contributed by atoms with E-state index in [-0.39, 0.29) is 0 Å². The molecule has 1 aromatic carbocycles. The third-order valence-corrected chi connectivity index (χ3v) is 4.01. The van der Waals surface area contributed by atoms with Gasteiger partial charge in [0.15, 0.2) is 0 Å². The van der Waals surface area contributed by atoms with Crippen molar-refractivity contribution in [3.8, 4) is 0 Å². The van der Waals surface area contributed by atoms with E-state index < -0.39 is 0 Å². The van der Waals surface area contributed by atoms with E-state index in [1.807, 2.05) is 0 Å². The molecule has 0 radical (unpaired) electrons. The summed E-state index contributed by atoms with van der Waals surface area (Å²) in [5.41, 5.74) is 2.78. The van der Waals surface area contributed by atoms with Gasteiger partial charge in [-0.25, -0.2) is 0 Å². The Morgan fingerprint density at radius 1 is 1.22 bits per heavy atom. The van der Waals surface area contributed by atoms with Gasteiger partial charge in [-0.2, -0.15) is 0 Å². The van der Waals surface area contributed by atoms with E-state index >= 15 is 0 Å². The summed E-state index contributed by atoms with van der Waals surface area (Å²) in [6.45, 7) is 2.15. The lowest BCUT2D eigenvalue weighted by Gasteiger charge is -2.12.